The summed E-state index contributed by atoms with van der Waals surface area (Å²) < 4.78 is 6.84. The summed E-state index contributed by atoms with van der Waals surface area (Å²) in [5.74, 6) is 0.761. The molecule has 0 aliphatic heterocycles. The number of hydrogen-bond acceptors (Lipinski definition) is 5. The van der Waals surface area contributed by atoms with E-state index in [0.717, 1.165) is 12.8 Å². The van der Waals surface area contributed by atoms with E-state index in [1.54, 1.807) is 12.1 Å². The average Bonchev–Trinajstić information content (AvgIpc) is 3.32. The lowest BCUT2D eigenvalue weighted by Crippen LogP contribution is -2.19. The van der Waals surface area contributed by atoms with Crippen molar-refractivity contribution >= 4 is 23.3 Å². The molecule has 0 atom stereocenters. The van der Waals surface area contributed by atoms with Crippen LogP contribution >= 0.6 is 0 Å². The van der Waals surface area contributed by atoms with Gasteiger partial charge in [0.1, 0.15) is 12.3 Å². The Balaban J connectivity index is 1.57. The molecule has 8 heteroatoms. The largest absolute Gasteiger partial charge is 0.492 e. The van der Waals surface area contributed by atoms with E-state index in [1.165, 1.54) is 10.9 Å². The average molecular weight is 329 g/mol. The summed E-state index contributed by atoms with van der Waals surface area (Å²) in [5, 5.41) is 13.2. The molecule has 126 valence electrons. The number of nitrogens with zero attached hydrogens (tertiary/aromatic N) is 3. The summed E-state index contributed by atoms with van der Waals surface area (Å²) in [5.41, 5.74) is 0.603. The molecule has 2 aromatic rings. The van der Waals surface area contributed by atoms with Crippen LogP contribution in [0.25, 0.3) is 0 Å². The number of amides is 2. The highest BCUT2D eigenvalue weighted by Gasteiger charge is 2.30. The third kappa shape index (κ3) is 4.09. The smallest absolute Gasteiger partial charge is 0.246 e. The SMILES string of the molecule is CCOc1ccccc1NC(=O)Cn1cc(NC(=O)C2CC2)nn1. The van der Waals surface area contributed by atoms with Crippen molar-refractivity contribution < 1.29 is 14.3 Å². The Morgan fingerprint density at radius 1 is 1.29 bits per heavy atom. The Morgan fingerprint density at radius 3 is 2.83 bits per heavy atom. The van der Waals surface area contributed by atoms with Gasteiger partial charge in [0.05, 0.1) is 18.5 Å². The lowest BCUT2D eigenvalue weighted by Gasteiger charge is -2.10. The van der Waals surface area contributed by atoms with Crippen molar-refractivity contribution in [2.75, 3.05) is 17.2 Å². The topological polar surface area (TPSA) is 98.1 Å². The molecular formula is C16H19N5O3. The van der Waals surface area contributed by atoms with Gasteiger partial charge in [-0.15, -0.1) is 5.10 Å². The number of ether oxygens (including phenoxy) is 1. The van der Waals surface area contributed by atoms with Crippen LogP contribution in [0.15, 0.2) is 30.5 Å². The molecule has 0 radical (unpaired) electrons. The minimum atomic E-state index is -0.257. The molecule has 1 aliphatic carbocycles. The van der Waals surface area contributed by atoms with E-state index < -0.39 is 0 Å². The predicted octanol–water partition coefficient (Wildman–Crippen LogP) is 1.66. The number of carbonyl (C=O) groups is 2. The van der Waals surface area contributed by atoms with Crippen molar-refractivity contribution in [2.24, 2.45) is 5.92 Å². The molecule has 1 fully saturated rings. The fourth-order valence-corrected chi connectivity index (χ4v) is 2.19. The number of rotatable bonds is 7. The second-order valence-corrected chi connectivity index (χ2v) is 5.54. The lowest BCUT2D eigenvalue weighted by atomic mass is 10.3. The molecule has 1 aromatic heterocycles. The first-order valence-corrected chi connectivity index (χ1v) is 7.88. The summed E-state index contributed by atoms with van der Waals surface area (Å²) in [6.45, 7) is 2.39. The molecule has 0 bridgehead atoms. The molecule has 0 unspecified atom stereocenters. The van der Waals surface area contributed by atoms with Gasteiger partial charge in [-0.2, -0.15) is 0 Å². The van der Waals surface area contributed by atoms with E-state index in [-0.39, 0.29) is 24.3 Å². The maximum atomic E-state index is 12.1. The highest BCUT2D eigenvalue weighted by atomic mass is 16.5. The Hall–Kier alpha value is -2.90. The molecule has 3 rings (SSSR count). The van der Waals surface area contributed by atoms with Crippen LogP contribution in [-0.2, 0) is 16.1 Å². The monoisotopic (exact) mass is 329 g/mol. The van der Waals surface area contributed by atoms with Crippen LogP contribution in [0.4, 0.5) is 11.5 Å². The third-order valence-electron chi connectivity index (χ3n) is 3.50. The third-order valence-corrected chi connectivity index (χ3v) is 3.50. The number of carbonyl (C=O) groups excluding carboxylic acids is 2. The van der Waals surface area contributed by atoms with E-state index in [2.05, 4.69) is 20.9 Å². The quantitative estimate of drug-likeness (QED) is 0.805. The van der Waals surface area contributed by atoms with E-state index in [4.69, 9.17) is 4.74 Å². The Kier molecular flexibility index (Phi) is 4.74. The fourth-order valence-electron chi connectivity index (χ4n) is 2.19. The van der Waals surface area contributed by atoms with Crippen LogP contribution in [-0.4, -0.2) is 33.4 Å². The van der Waals surface area contributed by atoms with Crippen molar-refractivity contribution in [2.45, 2.75) is 26.3 Å². The summed E-state index contributed by atoms with van der Waals surface area (Å²) in [7, 11) is 0. The predicted molar refractivity (Wildman–Crippen MR) is 87.6 cm³/mol. The minimum Gasteiger partial charge on any atom is -0.492 e. The van der Waals surface area contributed by atoms with Gasteiger partial charge in [0, 0.05) is 5.92 Å². The minimum absolute atomic E-state index is 0.00718. The fraction of sp³-hybridized carbons (Fsp3) is 0.375. The zero-order valence-electron chi connectivity index (χ0n) is 13.4. The highest BCUT2D eigenvalue weighted by molar-refractivity contribution is 5.93. The van der Waals surface area contributed by atoms with Crippen molar-refractivity contribution in [3.63, 3.8) is 0 Å². The van der Waals surface area contributed by atoms with E-state index >= 15 is 0 Å². The first-order valence-electron chi connectivity index (χ1n) is 7.88. The van der Waals surface area contributed by atoms with E-state index in [1.807, 2.05) is 19.1 Å². The van der Waals surface area contributed by atoms with Gasteiger partial charge in [-0.05, 0) is 31.9 Å². The van der Waals surface area contributed by atoms with Crippen molar-refractivity contribution in [3.8, 4) is 5.75 Å². The van der Waals surface area contributed by atoms with Gasteiger partial charge in [-0.3, -0.25) is 9.59 Å². The van der Waals surface area contributed by atoms with Gasteiger partial charge < -0.3 is 15.4 Å². The van der Waals surface area contributed by atoms with E-state index in [0.29, 0.717) is 23.9 Å². The van der Waals surface area contributed by atoms with Crippen molar-refractivity contribution in [3.05, 3.63) is 30.5 Å². The molecule has 0 saturated heterocycles. The van der Waals surface area contributed by atoms with Crippen LogP contribution in [0.3, 0.4) is 0 Å². The molecule has 1 aromatic carbocycles. The molecule has 1 aliphatic rings. The number of anilines is 2. The van der Waals surface area contributed by atoms with Gasteiger partial charge in [-0.1, -0.05) is 17.3 Å². The molecular weight excluding hydrogens is 310 g/mol. The number of para-hydroxylation sites is 2. The van der Waals surface area contributed by atoms with Crippen LogP contribution in [0, 0.1) is 5.92 Å². The molecule has 24 heavy (non-hydrogen) atoms. The number of aromatic nitrogens is 3. The van der Waals surface area contributed by atoms with Crippen LogP contribution in [0.2, 0.25) is 0 Å². The first kappa shape index (κ1) is 16.0. The molecule has 2 amide bonds. The molecule has 1 heterocycles. The van der Waals surface area contributed by atoms with Gasteiger partial charge in [0.15, 0.2) is 5.82 Å². The summed E-state index contributed by atoms with van der Waals surface area (Å²) in [6, 6.07) is 7.22. The summed E-state index contributed by atoms with van der Waals surface area (Å²) in [4.78, 5) is 23.8. The Morgan fingerprint density at radius 2 is 2.08 bits per heavy atom. The van der Waals surface area contributed by atoms with Gasteiger partial charge in [-0.25, -0.2) is 4.68 Å². The lowest BCUT2D eigenvalue weighted by molar-refractivity contribution is -0.117. The number of hydrogen-bond donors (Lipinski definition) is 2. The van der Waals surface area contributed by atoms with Gasteiger partial charge >= 0.3 is 0 Å². The van der Waals surface area contributed by atoms with Gasteiger partial charge in [0.2, 0.25) is 11.8 Å². The second kappa shape index (κ2) is 7.12. The van der Waals surface area contributed by atoms with Crippen molar-refractivity contribution in [1.82, 2.24) is 15.0 Å². The maximum absolute atomic E-state index is 12.1. The molecule has 8 nitrogen and oxygen atoms in total. The molecule has 2 N–H and O–H groups in total. The molecule has 1 saturated carbocycles. The Bertz CT molecular complexity index is 739. The number of benzene rings is 1. The first-order chi connectivity index (χ1) is 11.7. The van der Waals surface area contributed by atoms with Crippen LogP contribution < -0.4 is 15.4 Å². The standard InChI is InChI=1S/C16H19N5O3/c1-2-24-13-6-4-3-5-12(13)17-15(22)10-21-9-14(19-20-21)18-16(23)11-7-8-11/h3-6,9,11H,2,7-8,10H2,1H3,(H,17,22)(H,18,23). The zero-order valence-corrected chi connectivity index (χ0v) is 13.4. The summed E-state index contributed by atoms with van der Waals surface area (Å²) in [6.07, 6.45) is 3.37. The normalized spacial score (nSPS) is 13.4. The van der Waals surface area contributed by atoms with E-state index in [9.17, 15) is 9.59 Å². The maximum Gasteiger partial charge on any atom is 0.246 e. The van der Waals surface area contributed by atoms with Crippen LogP contribution in [0.1, 0.15) is 19.8 Å². The zero-order chi connectivity index (χ0) is 16.9. The Labute approximate surface area is 139 Å². The molecule has 0 spiro atoms. The highest BCUT2D eigenvalue weighted by Crippen LogP contribution is 2.29. The van der Waals surface area contributed by atoms with Crippen molar-refractivity contribution in [1.29, 1.82) is 0 Å². The summed E-state index contributed by atoms with van der Waals surface area (Å²) >= 11 is 0. The van der Waals surface area contributed by atoms with Gasteiger partial charge in [0.25, 0.3) is 0 Å². The van der Waals surface area contributed by atoms with Crippen LogP contribution in [0.5, 0.6) is 5.75 Å². The second-order valence-electron chi connectivity index (χ2n) is 5.54. The number of nitrogens with one attached hydrogen (secondary N) is 2.